The number of carbonyl (C=O) groups excluding carboxylic acids is 1. The number of hydrogen-bond acceptors (Lipinski definition) is 6. The molecule has 1 aliphatic rings. The van der Waals surface area contributed by atoms with E-state index in [9.17, 15) is 4.79 Å². The van der Waals surface area contributed by atoms with E-state index in [0.717, 1.165) is 0 Å². The highest BCUT2D eigenvalue weighted by molar-refractivity contribution is 6.37. The molecule has 7 nitrogen and oxygen atoms in total. The monoisotopic (exact) mass is 444 g/mol. The zero-order valence-corrected chi connectivity index (χ0v) is 17.8. The number of ether oxygens (including phenoxy) is 2. The fourth-order valence-electron chi connectivity index (χ4n) is 2.80. The van der Waals surface area contributed by atoms with Crippen LogP contribution < -0.4 is 15.4 Å². The quantitative estimate of drug-likeness (QED) is 0.614. The van der Waals surface area contributed by atoms with Crippen molar-refractivity contribution in [2.75, 3.05) is 17.2 Å². The number of nitrogens with zero attached hydrogens (tertiary/aromatic N) is 3. The molecule has 0 saturated carbocycles. The highest BCUT2D eigenvalue weighted by atomic mass is 35.5. The predicted molar refractivity (Wildman–Crippen MR) is 110 cm³/mol. The Hall–Kier alpha value is -1.96. The number of aromatic nitrogens is 2. The minimum Gasteiger partial charge on any atom is -0.443 e. The first-order valence-electron chi connectivity index (χ1n) is 8.55. The third-order valence-corrected chi connectivity index (χ3v) is 4.70. The Labute approximate surface area is 177 Å². The Morgan fingerprint density at radius 2 is 1.82 bits per heavy atom. The molecule has 1 aromatic heterocycles. The lowest BCUT2D eigenvalue weighted by Gasteiger charge is -2.32. The van der Waals surface area contributed by atoms with Gasteiger partial charge in [0, 0.05) is 17.8 Å². The van der Waals surface area contributed by atoms with Gasteiger partial charge in [0.2, 0.25) is 5.88 Å². The maximum absolute atomic E-state index is 12.6. The van der Waals surface area contributed by atoms with Gasteiger partial charge in [-0.15, -0.1) is 10.2 Å². The number of nitrogen functional groups attached to an aromatic ring is 1. The van der Waals surface area contributed by atoms with Gasteiger partial charge in [0.05, 0.1) is 15.7 Å². The molecule has 0 spiro atoms. The zero-order valence-electron chi connectivity index (χ0n) is 15.6. The number of benzene rings is 1. The third kappa shape index (κ3) is 4.37. The average Bonchev–Trinajstić information content (AvgIpc) is 2.58. The number of nitrogens with two attached hydrogens (primary N) is 1. The fourth-order valence-corrected chi connectivity index (χ4v) is 3.64. The molecule has 2 N–H and O–H groups in total. The van der Waals surface area contributed by atoms with E-state index < -0.39 is 11.7 Å². The predicted octanol–water partition coefficient (Wildman–Crippen LogP) is 5.50. The van der Waals surface area contributed by atoms with Gasteiger partial charge in [0.25, 0.3) is 0 Å². The van der Waals surface area contributed by atoms with Gasteiger partial charge in [-0.05, 0) is 45.7 Å². The lowest BCUT2D eigenvalue weighted by atomic mass is 10.0. The second kappa shape index (κ2) is 7.81. The summed E-state index contributed by atoms with van der Waals surface area (Å²) in [6, 6.07) is 3.04. The molecule has 1 amide bonds. The van der Waals surface area contributed by atoms with E-state index in [1.165, 1.54) is 17.0 Å². The number of halogens is 3. The SMILES string of the molecule is CC(C)(C)OC(=O)N1CCCc2c(Oc3c(Cl)cc(N)cc3Cl)nnc(Cl)c21. The van der Waals surface area contributed by atoms with Crippen LogP contribution in [0.5, 0.6) is 11.6 Å². The molecular weight excluding hydrogens is 427 g/mol. The normalized spacial score (nSPS) is 13.9. The van der Waals surface area contributed by atoms with Gasteiger partial charge in [-0.3, -0.25) is 4.90 Å². The van der Waals surface area contributed by atoms with Crippen molar-refractivity contribution in [1.82, 2.24) is 10.2 Å². The van der Waals surface area contributed by atoms with Gasteiger partial charge in [-0.1, -0.05) is 34.8 Å². The van der Waals surface area contributed by atoms with Gasteiger partial charge in [-0.25, -0.2) is 4.79 Å². The molecule has 28 heavy (non-hydrogen) atoms. The number of fused-ring (bicyclic) bond motifs is 1. The smallest absolute Gasteiger partial charge is 0.414 e. The van der Waals surface area contributed by atoms with E-state index in [1.807, 2.05) is 0 Å². The van der Waals surface area contributed by atoms with Crippen molar-refractivity contribution in [3.05, 3.63) is 32.9 Å². The second-order valence-corrected chi connectivity index (χ2v) is 8.45. The first kappa shape index (κ1) is 20.8. The first-order valence-corrected chi connectivity index (χ1v) is 9.68. The summed E-state index contributed by atoms with van der Waals surface area (Å²) in [7, 11) is 0. The number of amides is 1. The van der Waals surface area contributed by atoms with Crippen molar-refractivity contribution in [1.29, 1.82) is 0 Å². The number of anilines is 2. The third-order valence-electron chi connectivity index (χ3n) is 3.88. The van der Waals surface area contributed by atoms with Crippen molar-refractivity contribution in [3.63, 3.8) is 0 Å². The van der Waals surface area contributed by atoms with Crippen LogP contribution in [0.4, 0.5) is 16.2 Å². The van der Waals surface area contributed by atoms with E-state index in [-0.39, 0.29) is 26.8 Å². The Bertz CT molecular complexity index is 908. The van der Waals surface area contributed by atoms with Crippen LogP contribution in [0.3, 0.4) is 0 Å². The lowest BCUT2D eigenvalue weighted by Crippen LogP contribution is -2.40. The molecule has 1 aliphatic heterocycles. The van der Waals surface area contributed by atoms with Crippen LogP contribution in [0.1, 0.15) is 32.8 Å². The largest absolute Gasteiger partial charge is 0.443 e. The fraction of sp³-hybridized carbons (Fsp3) is 0.389. The van der Waals surface area contributed by atoms with Gasteiger partial charge >= 0.3 is 6.09 Å². The van der Waals surface area contributed by atoms with E-state index in [1.54, 1.807) is 20.8 Å². The van der Waals surface area contributed by atoms with Crippen molar-refractivity contribution in [2.24, 2.45) is 0 Å². The summed E-state index contributed by atoms with van der Waals surface area (Å²) in [5.41, 5.74) is 6.52. The summed E-state index contributed by atoms with van der Waals surface area (Å²) in [5.74, 6) is 0.368. The summed E-state index contributed by atoms with van der Waals surface area (Å²) in [6.45, 7) is 5.82. The van der Waals surface area contributed by atoms with Crippen LogP contribution in [0, 0.1) is 0 Å². The first-order chi connectivity index (χ1) is 13.1. The molecule has 0 radical (unpaired) electrons. The highest BCUT2D eigenvalue weighted by Gasteiger charge is 2.32. The summed E-state index contributed by atoms with van der Waals surface area (Å²) in [6.07, 6.45) is 0.745. The second-order valence-electron chi connectivity index (χ2n) is 7.27. The molecule has 3 rings (SSSR count). The van der Waals surface area contributed by atoms with Crippen molar-refractivity contribution in [3.8, 4) is 11.6 Å². The summed E-state index contributed by atoms with van der Waals surface area (Å²) in [4.78, 5) is 14.1. The number of hydrogen-bond donors (Lipinski definition) is 1. The molecule has 0 saturated heterocycles. The van der Waals surface area contributed by atoms with E-state index in [4.69, 9.17) is 50.0 Å². The van der Waals surface area contributed by atoms with Crippen molar-refractivity contribution in [2.45, 2.75) is 39.2 Å². The molecule has 0 atom stereocenters. The average molecular weight is 446 g/mol. The molecule has 2 aromatic rings. The Kier molecular flexibility index (Phi) is 5.79. The van der Waals surface area contributed by atoms with Crippen LogP contribution in [0.25, 0.3) is 0 Å². The summed E-state index contributed by atoms with van der Waals surface area (Å²) in [5, 5.41) is 8.50. The maximum Gasteiger partial charge on any atom is 0.414 e. The standard InChI is InChI=1S/C18H19Cl3N4O3/c1-18(2,3)28-17(26)25-6-4-5-10-13(25)15(21)23-24-16(10)27-14-11(19)7-9(22)8-12(14)20/h7-8H,4-6,22H2,1-3H3. The molecule has 0 bridgehead atoms. The number of rotatable bonds is 2. The van der Waals surface area contributed by atoms with E-state index >= 15 is 0 Å². The summed E-state index contributed by atoms with van der Waals surface area (Å²) >= 11 is 18.7. The molecule has 150 valence electrons. The van der Waals surface area contributed by atoms with Crippen molar-refractivity contribution < 1.29 is 14.3 Å². The van der Waals surface area contributed by atoms with Crippen LogP contribution >= 0.6 is 34.8 Å². The lowest BCUT2D eigenvalue weighted by molar-refractivity contribution is 0.0577. The van der Waals surface area contributed by atoms with E-state index in [0.29, 0.717) is 36.3 Å². The molecular formula is C18H19Cl3N4O3. The molecule has 0 unspecified atom stereocenters. The molecule has 0 aliphatic carbocycles. The van der Waals surface area contributed by atoms with Gasteiger partial charge in [0.1, 0.15) is 5.60 Å². The summed E-state index contributed by atoms with van der Waals surface area (Å²) < 4.78 is 11.3. The minimum atomic E-state index is -0.647. The van der Waals surface area contributed by atoms with Crippen LogP contribution in [-0.2, 0) is 11.2 Å². The Morgan fingerprint density at radius 1 is 1.18 bits per heavy atom. The van der Waals surface area contributed by atoms with Crippen molar-refractivity contribution >= 4 is 52.3 Å². The van der Waals surface area contributed by atoms with Crippen LogP contribution in [0.2, 0.25) is 15.2 Å². The Balaban J connectivity index is 2.01. The molecule has 10 heteroatoms. The van der Waals surface area contributed by atoms with E-state index in [2.05, 4.69) is 10.2 Å². The molecule has 2 heterocycles. The molecule has 0 fully saturated rings. The van der Waals surface area contributed by atoms with Gasteiger partial charge in [-0.2, -0.15) is 0 Å². The highest BCUT2D eigenvalue weighted by Crippen LogP contribution is 2.42. The van der Waals surface area contributed by atoms with Crippen LogP contribution in [-0.4, -0.2) is 28.4 Å². The zero-order chi connectivity index (χ0) is 20.6. The maximum atomic E-state index is 12.6. The number of carbonyl (C=O) groups is 1. The molecule has 1 aromatic carbocycles. The topological polar surface area (TPSA) is 90.6 Å². The van der Waals surface area contributed by atoms with Gasteiger partial charge in [0.15, 0.2) is 10.9 Å². The Morgan fingerprint density at radius 3 is 2.43 bits per heavy atom. The van der Waals surface area contributed by atoms with Gasteiger partial charge < -0.3 is 15.2 Å². The minimum absolute atomic E-state index is 0.0856. The van der Waals surface area contributed by atoms with Crippen LogP contribution in [0.15, 0.2) is 12.1 Å².